The highest BCUT2D eigenvalue weighted by Crippen LogP contribution is 2.35. The first kappa shape index (κ1) is 16.3. The van der Waals surface area contributed by atoms with Crippen LogP contribution in [0.3, 0.4) is 0 Å². The summed E-state index contributed by atoms with van der Waals surface area (Å²) >= 11 is 0. The predicted molar refractivity (Wildman–Crippen MR) is 86.3 cm³/mol. The molecule has 110 valence electrons. The van der Waals surface area contributed by atoms with Crippen molar-refractivity contribution in [1.82, 2.24) is 10.2 Å². The monoisotopic (exact) mass is 274 g/mol. The van der Waals surface area contributed by atoms with Crippen LogP contribution in [-0.4, -0.2) is 16.4 Å². The Morgan fingerprint density at radius 1 is 1.00 bits per heavy atom. The van der Waals surface area contributed by atoms with Crippen LogP contribution in [0.1, 0.15) is 65.3 Å². The zero-order valence-corrected chi connectivity index (χ0v) is 13.7. The van der Waals surface area contributed by atoms with Crippen molar-refractivity contribution < 1.29 is 0 Å². The third kappa shape index (κ3) is 3.65. The van der Waals surface area contributed by atoms with Gasteiger partial charge in [0.25, 0.3) is 0 Å². The fourth-order valence-corrected chi connectivity index (χ4v) is 2.08. The number of rotatable bonds is 2. The maximum absolute atomic E-state index is 6.02. The molecule has 0 aliphatic rings. The van der Waals surface area contributed by atoms with Crippen molar-refractivity contribution in [3.8, 4) is 0 Å². The van der Waals surface area contributed by atoms with E-state index >= 15 is 0 Å². The lowest BCUT2D eigenvalue weighted by Crippen LogP contribution is -2.27. The molecular formula is C16H26N4. The zero-order chi connectivity index (χ0) is 15.6. The van der Waals surface area contributed by atoms with Crippen LogP contribution >= 0.6 is 0 Å². The van der Waals surface area contributed by atoms with E-state index in [1.54, 1.807) is 12.4 Å². The van der Waals surface area contributed by atoms with Crippen molar-refractivity contribution in [2.75, 3.05) is 5.73 Å². The van der Waals surface area contributed by atoms with Gasteiger partial charge in [0.1, 0.15) is 0 Å². The fourth-order valence-electron chi connectivity index (χ4n) is 2.08. The lowest BCUT2D eigenvalue weighted by atomic mass is 9.76. The summed E-state index contributed by atoms with van der Waals surface area (Å²) in [5, 5.41) is 8.46. The molecule has 1 aromatic heterocycles. The maximum Gasteiger partial charge on any atom is 0.155 e. The number of nitrogens with zero attached hydrogens (tertiary/aromatic N) is 3. The lowest BCUT2D eigenvalue weighted by Gasteiger charge is -2.30. The van der Waals surface area contributed by atoms with E-state index in [1.165, 1.54) is 0 Å². The normalized spacial score (nSPS) is 13.6. The molecule has 0 fully saturated rings. The van der Waals surface area contributed by atoms with Gasteiger partial charge < -0.3 is 5.73 Å². The average Bonchev–Trinajstić information content (AvgIpc) is 2.28. The smallest absolute Gasteiger partial charge is 0.155 e. The number of nitrogens with two attached hydrogens (primary N) is 1. The molecule has 0 spiro atoms. The number of allylic oxidation sites excluding steroid dienone is 1. The molecule has 0 bridgehead atoms. The zero-order valence-electron chi connectivity index (χ0n) is 13.7. The van der Waals surface area contributed by atoms with Crippen LogP contribution in [0.4, 0.5) is 5.82 Å². The van der Waals surface area contributed by atoms with Gasteiger partial charge in [0.15, 0.2) is 5.82 Å². The van der Waals surface area contributed by atoms with Gasteiger partial charge in [0, 0.05) is 23.4 Å². The number of aliphatic imine (C=N–C) groups is 1. The van der Waals surface area contributed by atoms with Gasteiger partial charge in [-0.25, -0.2) is 0 Å². The lowest BCUT2D eigenvalue weighted by molar-refractivity contribution is 0.505. The Kier molecular flexibility index (Phi) is 4.69. The van der Waals surface area contributed by atoms with Crippen molar-refractivity contribution in [3.05, 3.63) is 29.1 Å². The number of nitrogen functional groups attached to an aromatic ring is 1. The Labute approximate surface area is 122 Å². The standard InChI is InChI=1S/C16H26N4/c1-8-9-18-10-11-12(15(2,3)4)13(16(5,6)7)19-20-14(11)17/h8-10H,1-7H3,(H2,17,20)/b9-8-,18-10?. The summed E-state index contributed by atoms with van der Waals surface area (Å²) in [7, 11) is 0. The SMILES string of the molecule is C/C=C\N=Cc1c(N)nnc(C(C)(C)C)c1C(C)(C)C. The molecule has 0 saturated carbocycles. The summed E-state index contributed by atoms with van der Waals surface area (Å²) in [5.74, 6) is 0.427. The number of aromatic nitrogens is 2. The van der Waals surface area contributed by atoms with Gasteiger partial charge in [0.2, 0.25) is 0 Å². The van der Waals surface area contributed by atoms with Crippen molar-refractivity contribution in [2.45, 2.75) is 59.3 Å². The molecular weight excluding hydrogens is 248 g/mol. The summed E-state index contributed by atoms with van der Waals surface area (Å²) in [6.45, 7) is 14.8. The van der Waals surface area contributed by atoms with Crippen LogP contribution in [0.25, 0.3) is 0 Å². The second-order valence-electron chi connectivity index (χ2n) is 6.98. The molecule has 0 unspecified atom stereocenters. The topological polar surface area (TPSA) is 64.2 Å². The molecule has 1 rings (SSSR count). The average molecular weight is 274 g/mol. The number of anilines is 1. The van der Waals surface area contributed by atoms with Crippen LogP contribution in [0.15, 0.2) is 17.3 Å². The number of hydrogen-bond donors (Lipinski definition) is 1. The molecule has 2 N–H and O–H groups in total. The Morgan fingerprint density at radius 3 is 2.05 bits per heavy atom. The molecule has 20 heavy (non-hydrogen) atoms. The summed E-state index contributed by atoms with van der Waals surface area (Å²) in [6.07, 6.45) is 5.39. The van der Waals surface area contributed by atoms with Gasteiger partial charge in [-0.1, -0.05) is 47.6 Å². The van der Waals surface area contributed by atoms with Gasteiger partial charge in [-0.2, -0.15) is 5.10 Å². The second-order valence-corrected chi connectivity index (χ2v) is 6.98. The third-order valence-electron chi connectivity index (χ3n) is 2.94. The van der Waals surface area contributed by atoms with E-state index in [0.717, 1.165) is 16.8 Å². The highest BCUT2D eigenvalue weighted by molar-refractivity contribution is 5.88. The molecule has 1 heterocycles. The molecule has 0 aliphatic heterocycles. The Bertz CT molecular complexity index is 529. The van der Waals surface area contributed by atoms with E-state index in [0.29, 0.717) is 5.82 Å². The maximum atomic E-state index is 6.02. The van der Waals surface area contributed by atoms with Gasteiger partial charge >= 0.3 is 0 Å². The molecule has 1 aromatic rings. The van der Waals surface area contributed by atoms with E-state index in [4.69, 9.17) is 5.73 Å². The predicted octanol–water partition coefficient (Wildman–Crippen LogP) is 3.61. The molecule has 0 aromatic carbocycles. The first-order valence-corrected chi connectivity index (χ1v) is 6.90. The van der Waals surface area contributed by atoms with E-state index < -0.39 is 0 Å². The fraction of sp³-hybridized carbons (Fsp3) is 0.562. The largest absolute Gasteiger partial charge is 0.382 e. The summed E-state index contributed by atoms with van der Waals surface area (Å²) < 4.78 is 0. The summed E-state index contributed by atoms with van der Waals surface area (Å²) in [6, 6.07) is 0. The first-order valence-electron chi connectivity index (χ1n) is 6.90. The third-order valence-corrected chi connectivity index (χ3v) is 2.94. The molecule has 0 radical (unpaired) electrons. The molecule has 0 atom stereocenters. The van der Waals surface area contributed by atoms with Crippen LogP contribution in [0.2, 0.25) is 0 Å². The molecule has 4 heteroatoms. The molecule has 4 nitrogen and oxygen atoms in total. The van der Waals surface area contributed by atoms with Crippen LogP contribution in [-0.2, 0) is 10.8 Å². The highest BCUT2D eigenvalue weighted by atomic mass is 15.1. The van der Waals surface area contributed by atoms with Crippen LogP contribution in [0.5, 0.6) is 0 Å². The van der Waals surface area contributed by atoms with Crippen LogP contribution in [0, 0.1) is 0 Å². The van der Waals surface area contributed by atoms with E-state index in [9.17, 15) is 0 Å². The number of hydrogen-bond acceptors (Lipinski definition) is 4. The van der Waals surface area contributed by atoms with Crippen molar-refractivity contribution in [3.63, 3.8) is 0 Å². The molecule has 0 aliphatic carbocycles. The molecule has 0 amide bonds. The highest BCUT2D eigenvalue weighted by Gasteiger charge is 2.30. The van der Waals surface area contributed by atoms with Gasteiger partial charge in [-0.05, 0) is 17.9 Å². The Balaban J connectivity index is 3.64. The van der Waals surface area contributed by atoms with Gasteiger partial charge in [-0.3, -0.25) is 4.99 Å². The minimum absolute atomic E-state index is 0.0794. The minimum atomic E-state index is -0.0908. The molecule has 0 saturated heterocycles. The quantitative estimate of drug-likeness (QED) is 0.838. The van der Waals surface area contributed by atoms with Crippen molar-refractivity contribution in [2.24, 2.45) is 4.99 Å². The van der Waals surface area contributed by atoms with Crippen molar-refractivity contribution in [1.29, 1.82) is 0 Å². The van der Waals surface area contributed by atoms with Gasteiger partial charge in [0.05, 0.1) is 5.69 Å². The summed E-state index contributed by atoms with van der Waals surface area (Å²) in [4.78, 5) is 4.26. The van der Waals surface area contributed by atoms with Crippen LogP contribution < -0.4 is 5.73 Å². The van der Waals surface area contributed by atoms with E-state index in [1.807, 2.05) is 13.0 Å². The Morgan fingerprint density at radius 2 is 1.60 bits per heavy atom. The van der Waals surface area contributed by atoms with E-state index in [-0.39, 0.29) is 10.8 Å². The second kappa shape index (κ2) is 5.73. The minimum Gasteiger partial charge on any atom is -0.382 e. The Hall–Kier alpha value is -1.71. The van der Waals surface area contributed by atoms with E-state index in [2.05, 4.69) is 56.7 Å². The van der Waals surface area contributed by atoms with Crippen molar-refractivity contribution >= 4 is 12.0 Å². The van der Waals surface area contributed by atoms with Gasteiger partial charge in [-0.15, -0.1) is 5.10 Å². The summed E-state index contributed by atoms with van der Waals surface area (Å²) in [5.41, 5.74) is 8.81. The first-order chi connectivity index (χ1) is 9.09.